The van der Waals surface area contributed by atoms with Crippen LogP contribution in [0.1, 0.15) is 12.8 Å². The van der Waals surface area contributed by atoms with Crippen molar-refractivity contribution in [2.75, 3.05) is 25.5 Å². The Balaban J connectivity index is 1.56. The molecular weight excluding hydrogens is 345 g/mol. The first kappa shape index (κ1) is 17.5. The fourth-order valence-corrected chi connectivity index (χ4v) is 3.32. The van der Waals surface area contributed by atoms with Crippen LogP contribution in [0.15, 0.2) is 43.0 Å². The Morgan fingerprint density at radius 3 is 2.63 bits per heavy atom. The first-order valence-corrected chi connectivity index (χ1v) is 8.94. The lowest BCUT2D eigenvalue weighted by molar-refractivity contribution is -0.121. The standard InChI is InChI=1S/C20H20FN5O/c1-26-4-2-13(3-5-26)20(27)25-19-8-14-7-18(23-10-16(14)11-24-19)15-6-17(21)12-22-9-15/h6-13H,2-5H2,1H3,(H,24,25,27). The number of hydrogen-bond donors (Lipinski definition) is 1. The highest BCUT2D eigenvalue weighted by Gasteiger charge is 2.23. The highest BCUT2D eigenvalue weighted by Crippen LogP contribution is 2.24. The Labute approximate surface area is 156 Å². The molecule has 1 N–H and O–H groups in total. The van der Waals surface area contributed by atoms with Gasteiger partial charge in [0.15, 0.2) is 0 Å². The molecule has 1 fully saturated rings. The van der Waals surface area contributed by atoms with E-state index >= 15 is 0 Å². The summed E-state index contributed by atoms with van der Waals surface area (Å²) >= 11 is 0. The third-order valence-electron chi connectivity index (χ3n) is 4.94. The van der Waals surface area contributed by atoms with Crippen LogP contribution in [0.3, 0.4) is 0 Å². The summed E-state index contributed by atoms with van der Waals surface area (Å²) in [5.41, 5.74) is 1.22. The van der Waals surface area contributed by atoms with E-state index in [4.69, 9.17) is 0 Å². The van der Waals surface area contributed by atoms with E-state index in [9.17, 15) is 9.18 Å². The second-order valence-corrected chi connectivity index (χ2v) is 6.94. The summed E-state index contributed by atoms with van der Waals surface area (Å²) in [5.74, 6) is 0.139. The summed E-state index contributed by atoms with van der Waals surface area (Å²) in [7, 11) is 2.07. The van der Waals surface area contributed by atoms with Gasteiger partial charge in [-0.25, -0.2) is 9.37 Å². The molecule has 7 heteroatoms. The predicted octanol–water partition coefficient (Wildman–Crippen LogP) is 3.11. The maximum absolute atomic E-state index is 13.4. The molecule has 1 saturated heterocycles. The topological polar surface area (TPSA) is 71.0 Å². The van der Waals surface area contributed by atoms with E-state index in [1.54, 1.807) is 18.6 Å². The van der Waals surface area contributed by atoms with Crippen molar-refractivity contribution < 1.29 is 9.18 Å². The number of aromatic nitrogens is 3. The molecule has 138 valence electrons. The van der Waals surface area contributed by atoms with Gasteiger partial charge in [0.1, 0.15) is 11.6 Å². The van der Waals surface area contributed by atoms with E-state index in [1.807, 2.05) is 12.1 Å². The fraction of sp³-hybridized carbons (Fsp3) is 0.300. The minimum absolute atomic E-state index is 0.0126. The molecule has 1 aliphatic rings. The third-order valence-corrected chi connectivity index (χ3v) is 4.94. The number of halogens is 1. The number of likely N-dealkylation sites (tertiary alicyclic amines) is 1. The van der Waals surface area contributed by atoms with Gasteiger partial charge in [-0.1, -0.05) is 0 Å². The number of hydrogen-bond acceptors (Lipinski definition) is 5. The van der Waals surface area contributed by atoms with Crippen LogP contribution in [-0.4, -0.2) is 45.9 Å². The van der Waals surface area contributed by atoms with Crippen LogP contribution < -0.4 is 5.32 Å². The number of rotatable bonds is 3. The minimum atomic E-state index is -0.407. The highest BCUT2D eigenvalue weighted by molar-refractivity contribution is 5.94. The SMILES string of the molecule is CN1CCC(C(=O)Nc2cc3cc(-c4cncc(F)c4)ncc3cn2)CC1. The largest absolute Gasteiger partial charge is 0.310 e. The van der Waals surface area contributed by atoms with Gasteiger partial charge in [0.2, 0.25) is 5.91 Å². The van der Waals surface area contributed by atoms with Crippen LogP contribution in [-0.2, 0) is 4.79 Å². The van der Waals surface area contributed by atoms with Gasteiger partial charge >= 0.3 is 0 Å². The fourth-order valence-electron chi connectivity index (χ4n) is 3.32. The summed E-state index contributed by atoms with van der Waals surface area (Å²) in [5, 5.41) is 4.65. The van der Waals surface area contributed by atoms with Gasteiger partial charge in [-0.05, 0) is 56.6 Å². The second kappa shape index (κ2) is 7.36. The van der Waals surface area contributed by atoms with Gasteiger partial charge in [-0.3, -0.25) is 14.8 Å². The van der Waals surface area contributed by atoms with Crippen molar-refractivity contribution in [2.24, 2.45) is 5.92 Å². The lowest BCUT2D eigenvalue weighted by atomic mass is 9.96. The molecule has 0 spiro atoms. The molecule has 1 amide bonds. The number of nitrogens with zero attached hydrogens (tertiary/aromatic N) is 4. The van der Waals surface area contributed by atoms with E-state index in [-0.39, 0.29) is 11.8 Å². The first-order chi connectivity index (χ1) is 13.1. The molecule has 3 aromatic rings. The number of anilines is 1. The summed E-state index contributed by atoms with van der Waals surface area (Å²) in [6.45, 7) is 1.86. The summed E-state index contributed by atoms with van der Waals surface area (Å²) < 4.78 is 13.4. The Hall–Kier alpha value is -2.93. The second-order valence-electron chi connectivity index (χ2n) is 6.94. The van der Waals surface area contributed by atoms with Crippen molar-refractivity contribution in [1.29, 1.82) is 0 Å². The molecule has 4 heterocycles. The Morgan fingerprint density at radius 2 is 1.85 bits per heavy atom. The zero-order valence-corrected chi connectivity index (χ0v) is 15.0. The van der Waals surface area contributed by atoms with E-state index < -0.39 is 5.82 Å². The Kier molecular flexibility index (Phi) is 4.77. The lowest BCUT2D eigenvalue weighted by Crippen LogP contribution is -2.36. The summed E-state index contributed by atoms with van der Waals surface area (Å²) in [6.07, 6.45) is 7.81. The molecule has 0 radical (unpaired) electrons. The highest BCUT2D eigenvalue weighted by atomic mass is 19.1. The molecule has 0 aromatic carbocycles. The number of carbonyl (C=O) groups is 1. The van der Waals surface area contributed by atoms with Crippen molar-refractivity contribution >= 4 is 22.5 Å². The molecule has 27 heavy (non-hydrogen) atoms. The summed E-state index contributed by atoms with van der Waals surface area (Å²) in [6, 6.07) is 5.06. The number of nitrogens with one attached hydrogen (secondary N) is 1. The van der Waals surface area contributed by atoms with Crippen molar-refractivity contribution in [3.8, 4) is 11.3 Å². The van der Waals surface area contributed by atoms with Crippen LogP contribution in [0.5, 0.6) is 0 Å². The predicted molar refractivity (Wildman–Crippen MR) is 102 cm³/mol. The lowest BCUT2D eigenvalue weighted by Gasteiger charge is -2.27. The number of fused-ring (bicyclic) bond motifs is 1. The minimum Gasteiger partial charge on any atom is -0.310 e. The van der Waals surface area contributed by atoms with Crippen LogP contribution in [0.4, 0.5) is 10.2 Å². The zero-order valence-electron chi connectivity index (χ0n) is 15.0. The number of carbonyl (C=O) groups excluding carboxylic acids is 1. The van der Waals surface area contributed by atoms with E-state index in [0.717, 1.165) is 42.9 Å². The molecule has 6 nitrogen and oxygen atoms in total. The quantitative estimate of drug-likeness (QED) is 0.772. The summed E-state index contributed by atoms with van der Waals surface area (Å²) in [4.78, 5) is 27.3. The van der Waals surface area contributed by atoms with Gasteiger partial charge in [0.25, 0.3) is 0 Å². The zero-order chi connectivity index (χ0) is 18.8. The normalized spacial score (nSPS) is 15.8. The van der Waals surface area contributed by atoms with E-state index in [0.29, 0.717) is 17.1 Å². The Bertz CT molecular complexity index is 985. The van der Waals surface area contributed by atoms with Crippen molar-refractivity contribution in [3.05, 3.63) is 48.8 Å². The molecule has 0 unspecified atom stereocenters. The molecule has 4 rings (SSSR count). The molecule has 0 saturated carbocycles. The third kappa shape index (κ3) is 3.93. The van der Waals surface area contributed by atoms with Crippen LogP contribution in [0, 0.1) is 11.7 Å². The van der Waals surface area contributed by atoms with Gasteiger partial charge in [-0.15, -0.1) is 0 Å². The molecule has 0 aliphatic carbocycles. The molecule has 0 bridgehead atoms. The average molecular weight is 365 g/mol. The monoisotopic (exact) mass is 365 g/mol. The Morgan fingerprint density at radius 1 is 1.07 bits per heavy atom. The van der Waals surface area contributed by atoms with Gasteiger partial charge in [0.05, 0.1) is 11.9 Å². The van der Waals surface area contributed by atoms with Crippen molar-refractivity contribution in [1.82, 2.24) is 19.9 Å². The van der Waals surface area contributed by atoms with E-state index in [1.165, 1.54) is 6.07 Å². The maximum Gasteiger partial charge on any atom is 0.228 e. The smallest absolute Gasteiger partial charge is 0.228 e. The molecule has 0 atom stereocenters. The number of pyridine rings is 3. The van der Waals surface area contributed by atoms with Crippen LogP contribution in [0.2, 0.25) is 0 Å². The average Bonchev–Trinajstić information content (AvgIpc) is 2.68. The molecule has 3 aromatic heterocycles. The number of amides is 1. The first-order valence-electron chi connectivity index (χ1n) is 8.94. The molecule has 1 aliphatic heterocycles. The number of piperidine rings is 1. The van der Waals surface area contributed by atoms with Crippen LogP contribution in [0.25, 0.3) is 22.0 Å². The maximum atomic E-state index is 13.4. The van der Waals surface area contributed by atoms with Gasteiger partial charge in [-0.2, -0.15) is 0 Å². The van der Waals surface area contributed by atoms with Crippen LogP contribution >= 0.6 is 0 Å². The molecular formula is C20H20FN5O. The van der Waals surface area contributed by atoms with Crippen molar-refractivity contribution in [2.45, 2.75) is 12.8 Å². The van der Waals surface area contributed by atoms with Crippen molar-refractivity contribution in [3.63, 3.8) is 0 Å². The van der Waals surface area contributed by atoms with Gasteiger partial charge < -0.3 is 10.2 Å². The van der Waals surface area contributed by atoms with E-state index in [2.05, 4.69) is 32.2 Å². The van der Waals surface area contributed by atoms with Gasteiger partial charge in [0, 0.05) is 35.5 Å².